The Morgan fingerprint density at radius 3 is 2.33 bits per heavy atom. The molecule has 1 aromatic heterocycles. The topological polar surface area (TPSA) is 49.8 Å². The predicted molar refractivity (Wildman–Crippen MR) is 93.4 cm³/mol. The lowest BCUT2D eigenvalue weighted by Gasteiger charge is -2.36. The summed E-state index contributed by atoms with van der Waals surface area (Å²) in [6.07, 6.45) is 9.83. The maximum absolute atomic E-state index is 4.61. The van der Waals surface area contributed by atoms with Crippen molar-refractivity contribution in [1.29, 1.82) is 0 Å². The minimum absolute atomic E-state index is 0.383. The Morgan fingerprint density at radius 2 is 1.76 bits per heavy atom. The summed E-state index contributed by atoms with van der Waals surface area (Å²) in [6.45, 7) is 6.07. The Labute approximate surface area is 132 Å². The number of thioether (sulfide) groups is 1. The molecule has 0 bridgehead atoms. The highest BCUT2D eigenvalue weighted by molar-refractivity contribution is 8.00. The largest absolute Gasteiger partial charge is 0.370 e. The third-order valence-corrected chi connectivity index (χ3v) is 5.65. The number of hydrogen-bond acceptors (Lipinski definition) is 5. The van der Waals surface area contributed by atoms with Gasteiger partial charge in [0.05, 0.1) is 0 Å². The molecular weight excluding hydrogens is 280 g/mol. The SMILES string of the molecule is CCNc1cc(NCC2(SC)CCCCC2)nc(CC)n1. The first-order valence-corrected chi connectivity index (χ1v) is 9.34. The maximum Gasteiger partial charge on any atom is 0.132 e. The molecule has 5 heteroatoms. The summed E-state index contributed by atoms with van der Waals surface area (Å²) in [4.78, 5) is 9.12. The zero-order chi connectivity index (χ0) is 15.1. The van der Waals surface area contributed by atoms with Gasteiger partial charge >= 0.3 is 0 Å². The van der Waals surface area contributed by atoms with Gasteiger partial charge in [0.15, 0.2) is 0 Å². The molecule has 0 spiro atoms. The van der Waals surface area contributed by atoms with Crippen molar-refractivity contribution in [3.63, 3.8) is 0 Å². The monoisotopic (exact) mass is 308 g/mol. The zero-order valence-corrected chi connectivity index (χ0v) is 14.4. The second kappa shape index (κ2) is 7.87. The Bertz CT molecular complexity index is 444. The van der Waals surface area contributed by atoms with Crippen LogP contribution in [0, 0.1) is 0 Å². The molecule has 1 fully saturated rings. The smallest absolute Gasteiger partial charge is 0.132 e. The van der Waals surface area contributed by atoms with Crippen molar-refractivity contribution in [1.82, 2.24) is 9.97 Å². The maximum atomic E-state index is 4.61. The summed E-state index contributed by atoms with van der Waals surface area (Å²) in [6, 6.07) is 2.03. The quantitative estimate of drug-likeness (QED) is 0.799. The molecule has 1 aliphatic carbocycles. The first kappa shape index (κ1) is 16.4. The van der Waals surface area contributed by atoms with E-state index in [4.69, 9.17) is 0 Å². The standard InChI is InChI=1S/C16H28N4S/c1-4-13-19-14(17-5-2)11-15(20-13)18-12-16(21-3)9-7-6-8-10-16/h11H,4-10,12H2,1-3H3,(H2,17,18,19,20). The summed E-state index contributed by atoms with van der Waals surface area (Å²) in [5, 5.41) is 6.86. The summed E-state index contributed by atoms with van der Waals surface area (Å²) < 4.78 is 0.383. The number of hydrogen-bond donors (Lipinski definition) is 2. The third-order valence-electron chi connectivity index (χ3n) is 4.24. The lowest BCUT2D eigenvalue weighted by Crippen LogP contribution is -2.35. The van der Waals surface area contributed by atoms with E-state index in [-0.39, 0.29) is 0 Å². The average Bonchev–Trinajstić information content (AvgIpc) is 2.54. The van der Waals surface area contributed by atoms with Gasteiger partial charge in [-0.05, 0) is 26.0 Å². The molecule has 0 unspecified atom stereocenters. The van der Waals surface area contributed by atoms with Gasteiger partial charge in [-0.15, -0.1) is 0 Å². The summed E-state index contributed by atoms with van der Waals surface area (Å²) >= 11 is 2.02. The highest BCUT2D eigenvalue weighted by atomic mass is 32.2. The molecule has 0 atom stereocenters. The lowest BCUT2D eigenvalue weighted by atomic mass is 9.88. The number of nitrogens with one attached hydrogen (secondary N) is 2. The van der Waals surface area contributed by atoms with Crippen LogP contribution in [0.1, 0.15) is 51.8 Å². The molecule has 2 rings (SSSR count). The van der Waals surface area contributed by atoms with Crippen LogP contribution in [0.5, 0.6) is 0 Å². The van der Waals surface area contributed by atoms with Crippen molar-refractivity contribution in [2.75, 3.05) is 30.0 Å². The predicted octanol–water partition coefficient (Wildman–Crippen LogP) is 3.95. The van der Waals surface area contributed by atoms with Gasteiger partial charge in [0.2, 0.25) is 0 Å². The number of aromatic nitrogens is 2. The van der Waals surface area contributed by atoms with Gasteiger partial charge in [0, 0.05) is 30.3 Å². The fraction of sp³-hybridized carbons (Fsp3) is 0.750. The van der Waals surface area contributed by atoms with Crippen LogP contribution in [0.4, 0.5) is 11.6 Å². The van der Waals surface area contributed by atoms with Gasteiger partial charge in [-0.1, -0.05) is 26.2 Å². The van der Waals surface area contributed by atoms with Crippen LogP contribution in [0.3, 0.4) is 0 Å². The lowest BCUT2D eigenvalue weighted by molar-refractivity contribution is 0.411. The van der Waals surface area contributed by atoms with E-state index < -0.39 is 0 Å². The third kappa shape index (κ3) is 4.50. The number of anilines is 2. The van der Waals surface area contributed by atoms with Crippen LogP contribution in [-0.4, -0.2) is 34.1 Å². The molecule has 0 aromatic carbocycles. The van der Waals surface area contributed by atoms with Crippen LogP contribution >= 0.6 is 11.8 Å². The average molecular weight is 308 g/mol. The molecular formula is C16H28N4S. The highest BCUT2D eigenvalue weighted by Gasteiger charge is 2.30. The molecule has 118 valence electrons. The molecule has 1 aliphatic rings. The summed E-state index contributed by atoms with van der Waals surface area (Å²) in [5.41, 5.74) is 0. The number of aryl methyl sites for hydroxylation is 1. The van der Waals surface area contributed by atoms with Gasteiger partial charge in [0.1, 0.15) is 17.5 Å². The van der Waals surface area contributed by atoms with E-state index in [9.17, 15) is 0 Å². The highest BCUT2D eigenvalue weighted by Crippen LogP contribution is 2.38. The molecule has 4 nitrogen and oxygen atoms in total. The van der Waals surface area contributed by atoms with Crippen molar-refractivity contribution in [3.8, 4) is 0 Å². The molecule has 0 saturated heterocycles. The van der Waals surface area contributed by atoms with E-state index in [0.29, 0.717) is 4.75 Å². The van der Waals surface area contributed by atoms with Crippen LogP contribution in [0.2, 0.25) is 0 Å². The minimum atomic E-state index is 0.383. The Balaban J connectivity index is 2.05. The van der Waals surface area contributed by atoms with E-state index in [1.54, 1.807) is 0 Å². The Kier molecular flexibility index (Phi) is 6.15. The van der Waals surface area contributed by atoms with Gasteiger partial charge in [0.25, 0.3) is 0 Å². The Morgan fingerprint density at radius 1 is 1.10 bits per heavy atom. The van der Waals surface area contributed by atoms with Crippen molar-refractivity contribution in [3.05, 3.63) is 11.9 Å². The van der Waals surface area contributed by atoms with E-state index in [2.05, 4.69) is 40.7 Å². The fourth-order valence-corrected chi connectivity index (χ4v) is 3.83. The number of rotatable bonds is 7. The molecule has 1 saturated carbocycles. The molecule has 1 heterocycles. The van der Waals surface area contributed by atoms with Gasteiger partial charge in [-0.2, -0.15) is 11.8 Å². The first-order chi connectivity index (χ1) is 10.2. The second-order valence-corrected chi connectivity index (χ2v) is 7.01. The van der Waals surface area contributed by atoms with E-state index in [1.165, 1.54) is 32.1 Å². The van der Waals surface area contributed by atoms with Crippen molar-refractivity contribution in [2.24, 2.45) is 0 Å². The summed E-state index contributed by atoms with van der Waals surface area (Å²) in [5.74, 6) is 2.78. The van der Waals surface area contributed by atoms with Gasteiger partial charge < -0.3 is 10.6 Å². The van der Waals surface area contributed by atoms with Gasteiger partial charge in [-0.3, -0.25) is 0 Å². The van der Waals surface area contributed by atoms with E-state index in [1.807, 2.05) is 17.8 Å². The molecule has 2 N–H and O–H groups in total. The normalized spacial score (nSPS) is 17.5. The molecule has 0 aliphatic heterocycles. The minimum Gasteiger partial charge on any atom is -0.370 e. The molecule has 0 radical (unpaired) electrons. The van der Waals surface area contributed by atoms with Crippen LogP contribution in [-0.2, 0) is 6.42 Å². The zero-order valence-electron chi connectivity index (χ0n) is 13.5. The molecule has 0 amide bonds. The van der Waals surface area contributed by atoms with Crippen molar-refractivity contribution in [2.45, 2.75) is 57.1 Å². The molecule has 1 aromatic rings. The van der Waals surface area contributed by atoms with E-state index in [0.717, 1.165) is 37.0 Å². The van der Waals surface area contributed by atoms with Crippen LogP contribution < -0.4 is 10.6 Å². The van der Waals surface area contributed by atoms with Crippen LogP contribution in [0.15, 0.2) is 6.07 Å². The summed E-state index contributed by atoms with van der Waals surface area (Å²) in [7, 11) is 0. The van der Waals surface area contributed by atoms with Crippen molar-refractivity contribution < 1.29 is 0 Å². The number of nitrogens with zero attached hydrogens (tertiary/aromatic N) is 2. The first-order valence-electron chi connectivity index (χ1n) is 8.12. The van der Waals surface area contributed by atoms with Crippen LogP contribution in [0.25, 0.3) is 0 Å². The molecule has 21 heavy (non-hydrogen) atoms. The Hall–Kier alpha value is -0.970. The van der Waals surface area contributed by atoms with E-state index >= 15 is 0 Å². The van der Waals surface area contributed by atoms with Crippen molar-refractivity contribution >= 4 is 23.4 Å². The van der Waals surface area contributed by atoms with Gasteiger partial charge in [-0.25, -0.2) is 9.97 Å². The fourth-order valence-electron chi connectivity index (χ4n) is 2.92. The second-order valence-electron chi connectivity index (χ2n) is 5.74.